The van der Waals surface area contributed by atoms with Crippen LogP contribution in [-0.2, 0) is 0 Å². The summed E-state index contributed by atoms with van der Waals surface area (Å²) in [4.78, 5) is 2.65. The van der Waals surface area contributed by atoms with Crippen LogP contribution in [0.1, 0.15) is 52.4 Å². The molecule has 0 radical (unpaired) electrons. The SMILES string of the molecule is CC(C)(CC1CCCCC1)CN1CCNCC1. The van der Waals surface area contributed by atoms with E-state index in [1.807, 2.05) is 0 Å². The Morgan fingerprint density at radius 1 is 1.06 bits per heavy atom. The molecule has 2 nitrogen and oxygen atoms in total. The molecule has 1 N–H and O–H groups in total. The Morgan fingerprint density at radius 3 is 2.35 bits per heavy atom. The lowest BCUT2D eigenvalue weighted by molar-refractivity contribution is 0.127. The van der Waals surface area contributed by atoms with Crippen molar-refractivity contribution in [2.75, 3.05) is 32.7 Å². The van der Waals surface area contributed by atoms with Crippen LogP contribution in [0.4, 0.5) is 0 Å². The van der Waals surface area contributed by atoms with Gasteiger partial charge in [-0.05, 0) is 17.8 Å². The number of hydrogen-bond donors (Lipinski definition) is 1. The Morgan fingerprint density at radius 2 is 1.71 bits per heavy atom. The van der Waals surface area contributed by atoms with E-state index < -0.39 is 0 Å². The van der Waals surface area contributed by atoms with Crippen LogP contribution in [0.2, 0.25) is 0 Å². The van der Waals surface area contributed by atoms with Gasteiger partial charge < -0.3 is 10.2 Å². The van der Waals surface area contributed by atoms with Gasteiger partial charge in [-0.25, -0.2) is 0 Å². The van der Waals surface area contributed by atoms with E-state index in [4.69, 9.17) is 0 Å². The third-order valence-electron chi connectivity index (χ3n) is 4.43. The first-order valence-corrected chi connectivity index (χ1v) is 7.59. The van der Waals surface area contributed by atoms with E-state index in [0.717, 1.165) is 5.92 Å². The lowest BCUT2D eigenvalue weighted by Gasteiger charge is -2.38. The molecule has 1 saturated heterocycles. The molecule has 0 aromatic rings. The third-order valence-corrected chi connectivity index (χ3v) is 4.43. The van der Waals surface area contributed by atoms with E-state index >= 15 is 0 Å². The molecular formula is C15H30N2. The molecule has 2 fully saturated rings. The molecule has 0 aromatic heterocycles. The fraction of sp³-hybridized carbons (Fsp3) is 1.00. The molecule has 0 unspecified atom stereocenters. The Hall–Kier alpha value is -0.0800. The molecule has 1 aliphatic carbocycles. The lowest BCUT2D eigenvalue weighted by atomic mass is 9.76. The first kappa shape index (κ1) is 13.4. The average Bonchev–Trinajstić information content (AvgIpc) is 2.30. The number of hydrogen-bond acceptors (Lipinski definition) is 2. The maximum Gasteiger partial charge on any atom is 0.0108 e. The van der Waals surface area contributed by atoms with Crippen LogP contribution < -0.4 is 5.32 Å². The Labute approximate surface area is 107 Å². The van der Waals surface area contributed by atoms with Crippen LogP contribution in [-0.4, -0.2) is 37.6 Å². The number of nitrogens with zero attached hydrogens (tertiary/aromatic N) is 1. The van der Waals surface area contributed by atoms with E-state index in [2.05, 4.69) is 24.1 Å². The highest BCUT2D eigenvalue weighted by atomic mass is 15.2. The summed E-state index contributed by atoms with van der Waals surface area (Å²) in [5, 5.41) is 3.44. The predicted molar refractivity (Wildman–Crippen MR) is 74.3 cm³/mol. The summed E-state index contributed by atoms with van der Waals surface area (Å²) in [6, 6.07) is 0. The summed E-state index contributed by atoms with van der Waals surface area (Å²) in [6.07, 6.45) is 8.87. The highest BCUT2D eigenvalue weighted by Gasteiger charge is 2.27. The Kier molecular flexibility index (Phi) is 4.87. The van der Waals surface area contributed by atoms with Gasteiger partial charge in [0, 0.05) is 32.7 Å². The summed E-state index contributed by atoms with van der Waals surface area (Å²) >= 11 is 0. The summed E-state index contributed by atoms with van der Waals surface area (Å²) in [5.74, 6) is 1.02. The number of rotatable bonds is 4. The third kappa shape index (κ3) is 4.59. The van der Waals surface area contributed by atoms with Crippen LogP contribution in [0.15, 0.2) is 0 Å². The minimum Gasteiger partial charge on any atom is -0.314 e. The molecule has 1 heterocycles. The van der Waals surface area contributed by atoms with Crippen LogP contribution in [0.3, 0.4) is 0 Å². The van der Waals surface area contributed by atoms with Gasteiger partial charge in [0.25, 0.3) is 0 Å². The second kappa shape index (κ2) is 6.19. The molecule has 0 spiro atoms. The van der Waals surface area contributed by atoms with E-state index in [9.17, 15) is 0 Å². The van der Waals surface area contributed by atoms with Gasteiger partial charge >= 0.3 is 0 Å². The quantitative estimate of drug-likeness (QED) is 0.810. The van der Waals surface area contributed by atoms with Gasteiger partial charge in [-0.15, -0.1) is 0 Å². The summed E-state index contributed by atoms with van der Waals surface area (Å²) in [5.41, 5.74) is 0.513. The van der Waals surface area contributed by atoms with Gasteiger partial charge in [-0.2, -0.15) is 0 Å². The molecule has 0 aromatic carbocycles. The van der Waals surface area contributed by atoms with Gasteiger partial charge in [-0.1, -0.05) is 46.0 Å². The molecule has 1 saturated carbocycles. The van der Waals surface area contributed by atoms with Crippen molar-refractivity contribution in [3.8, 4) is 0 Å². The smallest absolute Gasteiger partial charge is 0.0108 e. The van der Waals surface area contributed by atoms with Gasteiger partial charge in [0.2, 0.25) is 0 Å². The first-order valence-electron chi connectivity index (χ1n) is 7.59. The fourth-order valence-corrected chi connectivity index (χ4v) is 3.71. The highest BCUT2D eigenvalue weighted by molar-refractivity contribution is 4.81. The van der Waals surface area contributed by atoms with Crippen molar-refractivity contribution in [1.82, 2.24) is 10.2 Å². The van der Waals surface area contributed by atoms with Crippen molar-refractivity contribution in [2.24, 2.45) is 11.3 Å². The minimum absolute atomic E-state index is 0.513. The summed E-state index contributed by atoms with van der Waals surface area (Å²) < 4.78 is 0. The van der Waals surface area contributed by atoms with Crippen LogP contribution in [0, 0.1) is 11.3 Å². The molecule has 2 heteroatoms. The maximum absolute atomic E-state index is 3.44. The summed E-state index contributed by atoms with van der Waals surface area (Å²) in [6.45, 7) is 11.1. The highest BCUT2D eigenvalue weighted by Crippen LogP contribution is 2.34. The summed E-state index contributed by atoms with van der Waals surface area (Å²) in [7, 11) is 0. The molecule has 100 valence electrons. The molecule has 2 aliphatic rings. The van der Waals surface area contributed by atoms with Crippen LogP contribution >= 0.6 is 0 Å². The van der Waals surface area contributed by atoms with Crippen molar-refractivity contribution in [3.63, 3.8) is 0 Å². The number of piperazine rings is 1. The normalized spacial score (nSPS) is 25.1. The Bertz CT molecular complexity index is 191. The molecule has 0 amide bonds. The first-order chi connectivity index (χ1) is 8.16. The monoisotopic (exact) mass is 238 g/mol. The van der Waals surface area contributed by atoms with Crippen molar-refractivity contribution in [1.29, 1.82) is 0 Å². The zero-order valence-electron chi connectivity index (χ0n) is 11.8. The Balaban J connectivity index is 1.75. The zero-order valence-corrected chi connectivity index (χ0v) is 11.8. The van der Waals surface area contributed by atoms with Crippen LogP contribution in [0.25, 0.3) is 0 Å². The van der Waals surface area contributed by atoms with E-state index in [1.165, 1.54) is 71.2 Å². The minimum atomic E-state index is 0.513. The largest absolute Gasteiger partial charge is 0.314 e. The molecular weight excluding hydrogens is 208 g/mol. The van der Waals surface area contributed by atoms with E-state index in [1.54, 1.807) is 0 Å². The molecule has 1 aliphatic heterocycles. The van der Waals surface area contributed by atoms with Crippen LogP contribution in [0.5, 0.6) is 0 Å². The molecule has 17 heavy (non-hydrogen) atoms. The standard InChI is InChI=1S/C15H30N2/c1-15(2,12-14-6-4-3-5-7-14)13-17-10-8-16-9-11-17/h14,16H,3-13H2,1-2H3. The maximum atomic E-state index is 3.44. The zero-order chi connectivity index (χ0) is 12.1. The van der Waals surface area contributed by atoms with Crippen molar-refractivity contribution >= 4 is 0 Å². The van der Waals surface area contributed by atoms with E-state index in [0.29, 0.717) is 5.41 Å². The molecule has 2 rings (SSSR count). The van der Waals surface area contributed by atoms with E-state index in [-0.39, 0.29) is 0 Å². The van der Waals surface area contributed by atoms with Gasteiger partial charge in [0.05, 0.1) is 0 Å². The van der Waals surface area contributed by atoms with Crippen molar-refractivity contribution in [3.05, 3.63) is 0 Å². The van der Waals surface area contributed by atoms with Gasteiger partial charge in [0.1, 0.15) is 0 Å². The second-order valence-corrected chi connectivity index (χ2v) is 6.90. The fourth-order valence-electron chi connectivity index (χ4n) is 3.71. The molecule has 0 bridgehead atoms. The predicted octanol–water partition coefficient (Wildman–Crippen LogP) is 2.89. The average molecular weight is 238 g/mol. The van der Waals surface area contributed by atoms with Gasteiger partial charge in [0.15, 0.2) is 0 Å². The van der Waals surface area contributed by atoms with Gasteiger partial charge in [-0.3, -0.25) is 0 Å². The lowest BCUT2D eigenvalue weighted by Crippen LogP contribution is -2.47. The second-order valence-electron chi connectivity index (χ2n) is 6.90. The topological polar surface area (TPSA) is 15.3 Å². The molecule has 0 atom stereocenters. The van der Waals surface area contributed by atoms with Crippen molar-refractivity contribution < 1.29 is 0 Å². The number of nitrogens with one attached hydrogen (secondary N) is 1. The van der Waals surface area contributed by atoms with Crippen molar-refractivity contribution in [2.45, 2.75) is 52.4 Å².